The first-order chi connectivity index (χ1) is 9.69. The first-order valence-electron chi connectivity index (χ1n) is 7.31. The van der Waals surface area contributed by atoms with E-state index in [1.54, 1.807) is 11.3 Å². The Morgan fingerprint density at radius 3 is 2.67 bits per heavy atom. The lowest BCUT2D eigenvalue weighted by atomic mass is 10.2. The molecule has 1 heterocycles. The fourth-order valence-corrected chi connectivity index (χ4v) is 3.25. The molecule has 0 atom stereocenters. The molecule has 1 aromatic heterocycles. The van der Waals surface area contributed by atoms with E-state index in [0.717, 1.165) is 49.0 Å². The van der Waals surface area contributed by atoms with Gasteiger partial charge in [0.1, 0.15) is 0 Å². The van der Waals surface area contributed by atoms with Crippen LogP contribution in [0.25, 0.3) is 0 Å². The molecule has 0 spiro atoms. The van der Waals surface area contributed by atoms with Gasteiger partial charge in [0.15, 0.2) is 5.96 Å². The van der Waals surface area contributed by atoms with Crippen molar-refractivity contribution in [1.82, 2.24) is 15.6 Å². The molecule has 0 aromatic carbocycles. The fraction of sp³-hybridized carbons (Fsp3) is 0.600. The van der Waals surface area contributed by atoms with Crippen LogP contribution < -0.4 is 10.6 Å². The zero-order valence-electron chi connectivity index (χ0n) is 13.0. The van der Waals surface area contributed by atoms with Crippen LogP contribution >= 0.6 is 35.3 Å². The van der Waals surface area contributed by atoms with Crippen LogP contribution in [0.15, 0.2) is 17.1 Å². The average molecular weight is 420 g/mol. The Hall–Kier alpha value is -0.630. The molecule has 2 N–H and O–H groups in total. The summed E-state index contributed by atoms with van der Waals surface area (Å²) in [5.41, 5.74) is 1.15. The van der Waals surface area contributed by atoms with Crippen LogP contribution in [0.2, 0.25) is 0 Å². The lowest BCUT2D eigenvalue weighted by molar-refractivity contribution is 0.633. The summed E-state index contributed by atoms with van der Waals surface area (Å²) in [6.07, 6.45) is 7.61. The first kappa shape index (κ1) is 18.4. The van der Waals surface area contributed by atoms with Crippen LogP contribution in [0.5, 0.6) is 0 Å². The van der Waals surface area contributed by atoms with Crippen molar-refractivity contribution in [2.45, 2.75) is 46.1 Å². The number of rotatable bonds is 5. The molecule has 0 saturated heterocycles. The molecule has 118 valence electrons. The summed E-state index contributed by atoms with van der Waals surface area (Å²) in [6.45, 7) is 7.93. The molecule has 0 radical (unpaired) electrons. The number of aliphatic imine (C=N–C) groups is 1. The monoisotopic (exact) mass is 420 g/mol. The lowest BCUT2D eigenvalue weighted by Crippen LogP contribution is -2.42. The quantitative estimate of drug-likeness (QED) is 0.333. The van der Waals surface area contributed by atoms with Crippen LogP contribution in [-0.2, 0) is 6.42 Å². The van der Waals surface area contributed by atoms with Gasteiger partial charge in [-0.2, -0.15) is 0 Å². The zero-order chi connectivity index (χ0) is 14.4. The van der Waals surface area contributed by atoms with Crippen molar-refractivity contribution in [2.24, 2.45) is 4.99 Å². The molecular weight excluding hydrogens is 395 g/mol. The summed E-state index contributed by atoms with van der Waals surface area (Å²) in [6, 6.07) is 0.500. The van der Waals surface area contributed by atoms with Gasteiger partial charge in [0, 0.05) is 30.4 Å². The molecule has 4 nitrogen and oxygen atoms in total. The highest BCUT2D eigenvalue weighted by Crippen LogP contribution is 2.17. The van der Waals surface area contributed by atoms with E-state index in [2.05, 4.69) is 53.5 Å². The van der Waals surface area contributed by atoms with Gasteiger partial charge in [-0.3, -0.25) is 4.99 Å². The number of aromatic nitrogens is 1. The second kappa shape index (κ2) is 9.40. The third-order valence-corrected chi connectivity index (χ3v) is 4.43. The summed E-state index contributed by atoms with van der Waals surface area (Å²) >= 11 is 1.78. The summed E-state index contributed by atoms with van der Waals surface area (Å²) < 4.78 is 0. The first-order valence-corrected chi connectivity index (χ1v) is 8.13. The van der Waals surface area contributed by atoms with Gasteiger partial charge in [-0.05, 0) is 33.6 Å². The molecule has 2 rings (SSSR count). The van der Waals surface area contributed by atoms with Gasteiger partial charge in [0.05, 0.1) is 10.7 Å². The second-order valence-corrected chi connectivity index (χ2v) is 6.32. The molecule has 0 unspecified atom stereocenters. The number of hydrogen-bond acceptors (Lipinski definition) is 3. The number of nitrogens with zero attached hydrogens (tertiary/aromatic N) is 2. The molecule has 0 bridgehead atoms. The molecule has 0 saturated carbocycles. The van der Waals surface area contributed by atoms with Gasteiger partial charge < -0.3 is 10.6 Å². The molecule has 6 heteroatoms. The number of nitrogens with one attached hydrogen (secondary N) is 2. The van der Waals surface area contributed by atoms with E-state index < -0.39 is 0 Å². The average Bonchev–Trinajstić information content (AvgIpc) is 3.00. The molecule has 1 aliphatic carbocycles. The van der Waals surface area contributed by atoms with E-state index >= 15 is 0 Å². The fourth-order valence-electron chi connectivity index (χ4n) is 2.32. The molecule has 1 aromatic rings. The molecule has 0 aliphatic heterocycles. The minimum absolute atomic E-state index is 0. The standard InChI is InChI=1S/C15H24N4S.HI/c1-4-16-15(19-13-7-5-6-8-13)17-10-9-14-11(2)18-12(3)20-14;/h5-6,13H,4,7-10H2,1-3H3,(H2,16,17,19);1H. The van der Waals surface area contributed by atoms with E-state index in [1.165, 1.54) is 4.88 Å². The van der Waals surface area contributed by atoms with Gasteiger partial charge in [-0.25, -0.2) is 4.98 Å². The van der Waals surface area contributed by atoms with Crippen LogP contribution in [0.3, 0.4) is 0 Å². The van der Waals surface area contributed by atoms with Crippen molar-refractivity contribution >= 4 is 41.3 Å². The maximum atomic E-state index is 4.67. The molecule has 0 fully saturated rings. The topological polar surface area (TPSA) is 49.3 Å². The van der Waals surface area contributed by atoms with Crippen LogP contribution in [0, 0.1) is 13.8 Å². The highest BCUT2D eigenvalue weighted by Gasteiger charge is 2.11. The van der Waals surface area contributed by atoms with E-state index in [0.29, 0.717) is 6.04 Å². The van der Waals surface area contributed by atoms with Gasteiger partial charge in [-0.1, -0.05) is 12.2 Å². The summed E-state index contributed by atoms with van der Waals surface area (Å²) in [5.74, 6) is 0.931. The van der Waals surface area contributed by atoms with Gasteiger partial charge in [0.2, 0.25) is 0 Å². The Balaban J connectivity index is 0.00000220. The second-order valence-electron chi connectivity index (χ2n) is 5.04. The molecule has 0 amide bonds. The van der Waals surface area contributed by atoms with Gasteiger partial charge in [0.25, 0.3) is 0 Å². The third kappa shape index (κ3) is 5.94. The largest absolute Gasteiger partial charge is 0.357 e. The number of hydrogen-bond donors (Lipinski definition) is 2. The highest BCUT2D eigenvalue weighted by atomic mass is 127. The summed E-state index contributed by atoms with van der Waals surface area (Å²) in [4.78, 5) is 10.5. The Morgan fingerprint density at radius 2 is 2.10 bits per heavy atom. The van der Waals surface area contributed by atoms with Crippen molar-refractivity contribution < 1.29 is 0 Å². The summed E-state index contributed by atoms with van der Waals surface area (Å²) in [5, 5.41) is 7.94. The van der Waals surface area contributed by atoms with E-state index in [9.17, 15) is 0 Å². The minimum atomic E-state index is 0. The zero-order valence-corrected chi connectivity index (χ0v) is 16.1. The van der Waals surface area contributed by atoms with E-state index in [1.807, 2.05) is 0 Å². The Labute approximate surface area is 148 Å². The molecular formula is C15H25IN4S. The van der Waals surface area contributed by atoms with Crippen molar-refractivity contribution in [3.63, 3.8) is 0 Å². The van der Waals surface area contributed by atoms with Crippen molar-refractivity contribution in [3.05, 3.63) is 27.7 Å². The lowest BCUT2D eigenvalue weighted by Gasteiger charge is -2.16. The smallest absolute Gasteiger partial charge is 0.191 e. The maximum Gasteiger partial charge on any atom is 0.191 e. The predicted molar refractivity (Wildman–Crippen MR) is 102 cm³/mol. The Morgan fingerprint density at radius 1 is 1.38 bits per heavy atom. The highest BCUT2D eigenvalue weighted by molar-refractivity contribution is 14.0. The number of aryl methyl sites for hydroxylation is 2. The number of thiazole rings is 1. The van der Waals surface area contributed by atoms with Gasteiger partial charge >= 0.3 is 0 Å². The molecule has 1 aliphatic rings. The van der Waals surface area contributed by atoms with Gasteiger partial charge in [-0.15, -0.1) is 35.3 Å². The van der Waals surface area contributed by atoms with Crippen molar-refractivity contribution in [3.8, 4) is 0 Å². The van der Waals surface area contributed by atoms with E-state index in [-0.39, 0.29) is 24.0 Å². The van der Waals surface area contributed by atoms with Crippen LogP contribution in [0.4, 0.5) is 0 Å². The Bertz CT molecular complexity index is 488. The predicted octanol–water partition coefficient (Wildman–Crippen LogP) is 3.19. The number of guanidine groups is 1. The normalized spacial score (nSPS) is 15.1. The minimum Gasteiger partial charge on any atom is -0.357 e. The Kier molecular flexibility index (Phi) is 8.24. The van der Waals surface area contributed by atoms with E-state index in [4.69, 9.17) is 0 Å². The maximum absolute atomic E-state index is 4.67. The van der Waals surface area contributed by atoms with Crippen molar-refractivity contribution in [1.29, 1.82) is 0 Å². The van der Waals surface area contributed by atoms with Crippen molar-refractivity contribution in [2.75, 3.05) is 13.1 Å². The van der Waals surface area contributed by atoms with Crippen LogP contribution in [-0.4, -0.2) is 30.1 Å². The SMILES string of the molecule is CCNC(=NCCc1sc(C)nc1C)NC1CC=CC1.I. The molecule has 21 heavy (non-hydrogen) atoms. The summed E-state index contributed by atoms with van der Waals surface area (Å²) in [7, 11) is 0. The van der Waals surface area contributed by atoms with Crippen LogP contribution in [0.1, 0.15) is 35.3 Å². The third-order valence-electron chi connectivity index (χ3n) is 3.30. The number of halogens is 1.